The molecule has 2 aromatic heterocycles. The molecule has 0 fully saturated rings. The van der Waals surface area contributed by atoms with E-state index in [0.717, 1.165) is 32.7 Å². The molecule has 0 aliphatic heterocycles. The number of hydrogen-bond donors (Lipinski definition) is 1. The lowest BCUT2D eigenvalue weighted by Gasteiger charge is -2.08. The second kappa shape index (κ2) is 5.76. The number of thiazole rings is 1. The van der Waals surface area contributed by atoms with E-state index >= 15 is 0 Å². The minimum absolute atomic E-state index is 0.893. The third-order valence-electron chi connectivity index (χ3n) is 2.95. The summed E-state index contributed by atoms with van der Waals surface area (Å²) >= 11 is 3.31. The Hall–Kier alpha value is -1.66. The van der Waals surface area contributed by atoms with Crippen molar-refractivity contribution in [1.29, 1.82) is 0 Å². The standard InChI is InChI=1S/C14H14N4S2/c1-3-9-12(15-2)16-8-17-13(9)20-14-18-10-6-4-5-7-11(10)19-14/h4-8H,3H2,1-2H3,(H,15,16,17). The first-order chi connectivity index (χ1) is 9.81. The lowest BCUT2D eigenvalue weighted by Crippen LogP contribution is -2.01. The minimum atomic E-state index is 0.893. The first-order valence-corrected chi connectivity index (χ1v) is 8.00. The molecule has 0 saturated carbocycles. The number of benzene rings is 1. The SMILES string of the molecule is CCc1c(NC)ncnc1Sc1nc2ccccc2s1. The second-order valence-corrected chi connectivity index (χ2v) is 6.43. The Labute approximate surface area is 125 Å². The highest BCUT2D eigenvalue weighted by Crippen LogP contribution is 2.36. The van der Waals surface area contributed by atoms with Gasteiger partial charge >= 0.3 is 0 Å². The fourth-order valence-electron chi connectivity index (χ4n) is 2.00. The molecule has 0 bridgehead atoms. The Morgan fingerprint density at radius 3 is 2.85 bits per heavy atom. The number of nitrogens with zero attached hydrogens (tertiary/aromatic N) is 3. The third-order valence-corrected chi connectivity index (χ3v) is 5.10. The van der Waals surface area contributed by atoms with Crippen molar-refractivity contribution in [2.75, 3.05) is 12.4 Å². The molecule has 0 aliphatic rings. The molecule has 0 amide bonds. The van der Waals surface area contributed by atoms with Crippen LogP contribution < -0.4 is 5.32 Å². The van der Waals surface area contributed by atoms with Crippen molar-refractivity contribution in [3.05, 3.63) is 36.2 Å². The summed E-state index contributed by atoms with van der Waals surface area (Å²) in [5.41, 5.74) is 2.18. The van der Waals surface area contributed by atoms with E-state index in [1.165, 1.54) is 4.70 Å². The summed E-state index contributed by atoms with van der Waals surface area (Å²) < 4.78 is 2.22. The molecule has 20 heavy (non-hydrogen) atoms. The van der Waals surface area contributed by atoms with Crippen molar-refractivity contribution in [2.24, 2.45) is 0 Å². The zero-order chi connectivity index (χ0) is 13.9. The Kier molecular flexibility index (Phi) is 3.84. The highest BCUT2D eigenvalue weighted by molar-refractivity contribution is 8.01. The van der Waals surface area contributed by atoms with Crippen LogP contribution in [0.25, 0.3) is 10.2 Å². The van der Waals surface area contributed by atoms with E-state index in [9.17, 15) is 0 Å². The van der Waals surface area contributed by atoms with Crippen molar-refractivity contribution >= 4 is 39.1 Å². The Bertz CT molecular complexity index is 706. The molecule has 0 radical (unpaired) electrons. The van der Waals surface area contributed by atoms with Crippen LogP contribution in [0.4, 0.5) is 5.82 Å². The maximum absolute atomic E-state index is 4.64. The number of anilines is 1. The largest absolute Gasteiger partial charge is 0.373 e. The number of nitrogens with one attached hydrogen (secondary N) is 1. The van der Waals surface area contributed by atoms with E-state index in [-0.39, 0.29) is 0 Å². The number of rotatable bonds is 4. The molecule has 0 unspecified atom stereocenters. The van der Waals surface area contributed by atoms with Gasteiger partial charge in [0.1, 0.15) is 17.2 Å². The Balaban J connectivity index is 1.98. The number of aromatic nitrogens is 3. The summed E-state index contributed by atoms with van der Waals surface area (Å²) in [6, 6.07) is 8.18. The van der Waals surface area contributed by atoms with Gasteiger partial charge in [-0.25, -0.2) is 15.0 Å². The lowest BCUT2D eigenvalue weighted by molar-refractivity contribution is 0.946. The van der Waals surface area contributed by atoms with Gasteiger partial charge in [-0.3, -0.25) is 0 Å². The average molecular weight is 302 g/mol. The van der Waals surface area contributed by atoms with Gasteiger partial charge in [0.25, 0.3) is 0 Å². The first kappa shape index (κ1) is 13.3. The van der Waals surface area contributed by atoms with Gasteiger partial charge in [-0.1, -0.05) is 19.1 Å². The maximum atomic E-state index is 4.64. The van der Waals surface area contributed by atoms with E-state index in [1.54, 1.807) is 29.4 Å². The Morgan fingerprint density at radius 1 is 1.25 bits per heavy atom. The number of hydrogen-bond acceptors (Lipinski definition) is 6. The predicted molar refractivity (Wildman–Crippen MR) is 84.7 cm³/mol. The van der Waals surface area contributed by atoms with Crippen molar-refractivity contribution in [1.82, 2.24) is 15.0 Å². The van der Waals surface area contributed by atoms with Crippen LogP contribution in [-0.4, -0.2) is 22.0 Å². The fraction of sp³-hybridized carbons (Fsp3) is 0.214. The normalized spacial score (nSPS) is 10.9. The highest BCUT2D eigenvalue weighted by atomic mass is 32.2. The maximum Gasteiger partial charge on any atom is 0.157 e. The van der Waals surface area contributed by atoms with Crippen molar-refractivity contribution in [3.8, 4) is 0 Å². The van der Waals surface area contributed by atoms with E-state index in [1.807, 2.05) is 25.2 Å². The molecule has 1 N–H and O–H groups in total. The zero-order valence-electron chi connectivity index (χ0n) is 11.3. The van der Waals surface area contributed by atoms with Gasteiger partial charge in [0.2, 0.25) is 0 Å². The minimum Gasteiger partial charge on any atom is -0.373 e. The van der Waals surface area contributed by atoms with Crippen LogP contribution in [0.1, 0.15) is 12.5 Å². The number of fused-ring (bicyclic) bond motifs is 1. The molecule has 4 nitrogen and oxygen atoms in total. The van der Waals surface area contributed by atoms with Gasteiger partial charge in [0.15, 0.2) is 4.34 Å². The molecule has 1 aromatic carbocycles. The van der Waals surface area contributed by atoms with E-state index in [2.05, 4.69) is 33.3 Å². The molecule has 0 saturated heterocycles. The summed E-state index contributed by atoms with van der Waals surface area (Å²) in [5, 5.41) is 4.10. The summed E-state index contributed by atoms with van der Waals surface area (Å²) in [4.78, 5) is 13.3. The molecular weight excluding hydrogens is 288 g/mol. The second-order valence-electron chi connectivity index (χ2n) is 4.16. The van der Waals surface area contributed by atoms with E-state index in [0.29, 0.717) is 0 Å². The molecule has 6 heteroatoms. The lowest BCUT2D eigenvalue weighted by atomic mass is 10.2. The van der Waals surface area contributed by atoms with Crippen molar-refractivity contribution in [2.45, 2.75) is 22.7 Å². The van der Waals surface area contributed by atoms with Gasteiger partial charge in [0, 0.05) is 12.6 Å². The van der Waals surface area contributed by atoms with Crippen LogP contribution in [0.5, 0.6) is 0 Å². The van der Waals surface area contributed by atoms with E-state index in [4.69, 9.17) is 0 Å². The smallest absolute Gasteiger partial charge is 0.157 e. The molecule has 102 valence electrons. The third kappa shape index (κ3) is 2.48. The van der Waals surface area contributed by atoms with Crippen LogP contribution in [-0.2, 0) is 6.42 Å². The van der Waals surface area contributed by atoms with Crippen LogP contribution in [0.3, 0.4) is 0 Å². The molecule has 3 aromatic rings. The van der Waals surface area contributed by atoms with Gasteiger partial charge in [0.05, 0.1) is 10.2 Å². The zero-order valence-corrected chi connectivity index (χ0v) is 12.9. The number of para-hydroxylation sites is 1. The first-order valence-electron chi connectivity index (χ1n) is 6.37. The molecule has 2 heterocycles. The van der Waals surface area contributed by atoms with Crippen LogP contribution in [0.15, 0.2) is 40.0 Å². The quantitative estimate of drug-likeness (QED) is 0.742. The highest BCUT2D eigenvalue weighted by Gasteiger charge is 2.12. The van der Waals surface area contributed by atoms with Crippen LogP contribution in [0.2, 0.25) is 0 Å². The van der Waals surface area contributed by atoms with Crippen molar-refractivity contribution < 1.29 is 0 Å². The molecular formula is C14H14N4S2. The van der Waals surface area contributed by atoms with Gasteiger partial charge in [-0.15, -0.1) is 11.3 Å². The topological polar surface area (TPSA) is 50.7 Å². The van der Waals surface area contributed by atoms with Crippen LogP contribution in [0, 0.1) is 0 Å². The van der Waals surface area contributed by atoms with E-state index < -0.39 is 0 Å². The summed E-state index contributed by atoms with van der Waals surface area (Å²) in [6.07, 6.45) is 2.49. The van der Waals surface area contributed by atoms with Crippen LogP contribution >= 0.6 is 23.1 Å². The predicted octanol–water partition coefficient (Wildman–Crippen LogP) is 3.84. The average Bonchev–Trinajstić information content (AvgIpc) is 2.89. The summed E-state index contributed by atoms with van der Waals surface area (Å²) in [6.45, 7) is 2.11. The monoisotopic (exact) mass is 302 g/mol. The summed E-state index contributed by atoms with van der Waals surface area (Å²) in [5.74, 6) is 0.895. The molecule has 0 spiro atoms. The molecule has 3 rings (SSSR count). The van der Waals surface area contributed by atoms with Crippen molar-refractivity contribution in [3.63, 3.8) is 0 Å². The van der Waals surface area contributed by atoms with Gasteiger partial charge in [-0.05, 0) is 30.3 Å². The Morgan fingerprint density at radius 2 is 2.10 bits per heavy atom. The van der Waals surface area contributed by atoms with Gasteiger partial charge < -0.3 is 5.32 Å². The fourth-order valence-corrected chi connectivity index (χ4v) is 4.14. The van der Waals surface area contributed by atoms with Gasteiger partial charge in [-0.2, -0.15) is 0 Å². The molecule has 0 aliphatic carbocycles. The molecule has 0 atom stereocenters. The summed E-state index contributed by atoms with van der Waals surface area (Å²) in [7, 11) is 1.88.